The van der Waals surface area contributed by atoms with Crippen LogP contribution in [0.25, 0.3) is 0 Å². The molecule has 0 aromatic heterocycles. The molecule has 0 amide bonds. The summed E-state index contributed by atoms with van der Waals surface area (Å²) < 4.78 is 5.25. The Morgan fingerprint density at radius 1 is 0.875 bits per heavy atom. The Labute approximate surface area is 74.1 Å². The van der Waals surface area contributed by atoms with Crippen molar-refractivity contribution in [1.82, 2.24) is 0 Å². The summed E-state index contributed by atoms with van der Waals surface area (Å²) in [7, 11) is 0. The second kappa shape index (κ2) is 6.09. The van der Waals surface area contributed by atoms with E-state index in [1.165, 1.54) is 0 Å². The fourth-order valence-electron chi connectivity index (χ4n) is 0.544. The van der Waals surface area contributed by atoms with Crippen LogP contribution in [0, 0.1) is 0 Å². The fraction of sp³-hybridized carbons (Fsp3) is 1.00. The third-order valence-electron chi connectivity index (χ3n) is 0.544. The average molecular weight is 125 g/mol. The van der Waals surface area contributed by atoms with Crippen LogP contribution in [0.5, 0.6) is 0 Å². The van der Waals surface area contributed by atoms with E-state index in [0.29, 0.717) is 12.2 Å². The van der Waals surface area contributed by atoms with Gasteiger partial charge in [0.25, 0.3) is 0 Å². The number of hydrogen-bond acceptors (Lipinski definition) is 1. The first kappa shape index (κ1) is 11.7. The predicted molar refractivity (Wildman–Crippen MR) is 37.1 cm³/mol. The van der Waals surface area contributed by atoms with Gasteiger partial charge in [-0.2, -0.15) is 0 Å². The molecule has 0 heterocycles. The molecular weight excluding hydrogens is 111 g/mol. The Morgan fingerprint density at radius 2 is 1.12 bits per heavy atom. The zero-order valence-corrected chi connectivity index (χ0v) is 8.56. The van der Waals surface area contributed by atoms with Gasteiger partial charge < -0.3 is 4.74 Å². The monoisotopic (exact) mass is 125 g/mol. The van der Waals surface area contributed by atoms with Gasteiger partial charge in [0.05, 0.1) is 12.2 Å². The van der Waals surface area contributed by atoms with Gasteiger partial charge in [0.1, 0.15) is 0 Å². The molecule has 0 aliphatic rings. The summed E-state index contributed by atoms with van der Waals surface area (Å²) in [5.41, 5.74) is 0. The Balaban J connectivity index is 0. The van der Waals surface area contributed by atoms with Crippen molar-refractivity contribution in [2.75, 3.05) is 0 Å². The van der Waals surface area contributed by atoms with Gasteiger partial charge in [-0.15, -0.1) is 0 Å². The van der Waals surface area contributed by atoms with Gasteiger partial charge in [0, 0.05) is 29.6 Å². The summed E-state index contributed by atoms with van der Waals surface area (Å²) in [5, 5.41) is 0. The minimum absolute atomic E-state index is 0. The third-order valence-corrected chi connectivity index (χ3v) is 0.544. The summed E-state index contributed by atoms with van der Waals surface area (Å²) in [4.78, 5) is 0. The SMILES string of the molecule is CC(C)OC(C)C.[Na]. The van der Waals surface area contributed by atoms with E-state index in [4.69, 9.17) is 4.74 Å². The van der Waals surface area contributed by atoms with E-state index < -0.39 is 0 Å². The molecule has 0 unspecified atom stereocenters. The Kier molecular flexibility index (Phi) is 8.92. The first-order valence-electron chi connectivity index (χ1n) is 2.78. The molecule has 0 aromatic carbocycles. The second-order valence-electron chi connectivity index (χ2n) is 2.23. The topological polar surface area (TPSA) is 9.23 Å². The van der Waals surface area contributed by atoms with Gasteiger partial charge in [-0.3, -0.25) is 0 Å². The minimum Gasteiger partial charge on any atom is -0.376 e. The molecule has 0 spiro atoms. The zero-order valence-electron chi connectivity index (χ0n) is 6.56. The molecule has 0 rings (SSSR count). The van der Waals surface area contributed by atoms with Gasteiger partial charge in [-0.1, -0.05) is 0 Å². The Hall–Kier alpha value is 0.960. The molecule has 45 valence electrons. The maximum absolute atomic E-state index is 5.25. The van der Waals surface area contributed by atoms with Gasteiger partial charge in [-0.25, -0.2) is 0 Å². The number of rotatable bonds is 2. The van der Waals surface area contributed by atoms with Crippen molar-refractivity contribution in [3.05, 3.63) is 0 Å². The zero-order chi connectivity index (χ0) is 5.86. The van der Waals surface area contributed by atoms with Crippen LogP contribution < -0.4 is 0 Å². The van der Waals surface area contributed by atoms with Gasteiger partial charge in [-0.05, 0) is 27.7 Å². The van der Waals surface area contributed by atoms with Crippen LogP contribution in [-0.4, -0.2) is 41.8 Å². The second-order valence-corrected chi connectivity index (χ2v) is 2.23. The fourth-order valence-corrected chi connectivity index (χ4v) is 0.544. The van der Waals surface area contributed by atoms with Crippen molar-refractivity contribution >= 4 is 29.6 Å². The van der Waals surface area contributed by atoms with Crippen LogP contribution in [0.3, 0.4) is 0 Å². The molecule has 1 nitrogen and oxygen atoms in total. The van der Waals surface area contributed by atoms with Gasteiger partial charge in [0.15, 0.2) is 0 Å². The first-order valence-corrected chi connectivity index (χ1v) is 2.78. The van der Waals surface area contributed by atoms with Crippen molar-refractivity contribution in [3.8, 4) is 0 Å². The predicted octanol–water partition coefficient (Wildman–Crippen LogP) is 1.44. The smallest absolute Gasteiger partial charge is 0.0522 e. The van der Waals surface area contributed by atoms with Crippen LogP contribution in [0.2, 0.25) is 0 Å². The Bertz CT molecular complexity index is 37.8. The summed E-state index contributed by atoms with van der Waals surface area (Å²) >= 11 is 0. The van der Waals surface area contributed by atoms with E-state index in [-0.39, 0.29) is 29.6 Å². The number of ether oxygens (including phenoxy) is 1. The largest absolute Gasteiger partial charge is 0.376 e. The average Bonchev–Trinajstić information content (AvgIpc) is 1.27. The van der Waals surface area contributed by atoms with E-state index in [0.717, 1.165) is 0 Å². The van der Waals surface area contributed by atoms with Crippen molar-refractivity contribution < 1.29 is 4.74 Å². The van der Waals surface area contributed by atoms with Gasteiger partial charge >= 0.3 is 0 Å². The third kappa shape index (κ3) is 10.0. The maximum atomic E-state index is 5.25. The normalized spacial score (nSPS) is 9.75. The van der Waals surface area contributed by atoms with Crippen LogP contribution in [0.4, 0.5) is 0 Å². The summed E-state index contributed by atoms with van der Waals surface area (Å²) in [6.07, 6.45) is 0.750. The molecule has 0 saturated carbocycles. The van der Waals surface area contributed by atoms with E-state index >= 15 is 0 Å². The van der Waals surface area contributed by atoms with Crippen molar-refractivity contribution in [3.63, 3.8) is 0 Å². The van der Waals surface area contributed by atoms with Crippen LogP contribution >= 0.6 is 0 Å². The molecule has 0 bridgehead atoms. The molecule has 0 saturated heterocycles. The van der Waals surface area contributed by atoms with Gasteiger partial charge in [0.2, 0.25) is 0 Å². The molecule has 2 heteroatoms. The van der Waals surface area contributed by atoms with Crippen molar-refractivity contribution in [2.45, 2.75) is 39.9 Å². The van der Waals surface area contributed by atoms with Crippen molar-refractivity contribution in [1.29, 1.82) is 0 Å². The van der Waals surface area contributed by atoms with Crippen LogP contribution in [0.15, 0.2) is 0 Å². The molecule has 0 aliphatic heterocycles. The minimum atomic E-state index is 0. The van der Waals surface area contributed by atoms with E-state index in [1.807, 2.05) is 27.7 Å². The molecule has 0 N–H and O–H groups in total. The molecule has 0 aromatic rings. The van der Waals surface area contributed by atoms with E-state index in [1.54, 1.807) is 0 Å². The summed E-state index contributed by atoms with van der Waals surface area (Å²) in [6, 6.07) is 0. The summed E-state index contributed by atoms with van der Waals surface area (Å²) in [5.74, 6) is 0. The van der Waals surface area contributed by atoms with Crippen molar-refractivity contribution in [2.24, 2.45) is 0 Å². The molecule has 8 heavy (non-hydrogen) atoms. The van der Waals surface area contributed by atoms with Crippen LogP contribution in [0.1, 0.15) is 27.7 Å². The quantitative estimate of drug-likeness (QED) is 0.507. The maximum Gasteiger partial charge on any atom is 0.0522 e. The molecular formula is C6H14NaO. The molecule has 0 aliphatic carbocycles. The number of hydrogen-bond donors (Lipinski definition) is 0. The standard InChI is InChI=1S/C6H14O.Na/c1-5(2)7-6(3)4;/h5-6H,1-4H3;. The molecule has 0 fully saturated rings. The van der Waals surface area contributed by atoms with E-state index in [9.17, 15) is 0 Å². The molecule has 0 atom stereocenters. The van der Waals surface area contributed by atoms with Crippen LogP contribution in [-0.2, 0) is 4.74 Å². The molecule has 1 radical (unpaired) electrons. The summed E-state index contributed by atoms with van der Waals surface area (Å²) in [6.45, 7) is 8.17. The van der Waals surface area contributed by atoms with E-state index in [2.05, 4.69) is 0 Å². The Morgan fingerprint density at radius 3 is 1.12 bits per heavy atom. The first-order chi connectivity index (χ1) is 3.13.